The van der Waals surface area contributed by atoms with Crippen LogP contribution in [0.3, 0.4) is 0 Å². The summed E-state index contributed by atoms with van der Waals surface area (Å²) in [6, 6.07) is 0. The molecule has 0 bridgehead atoms. The minimum Gasteiger partial charge on any atom is -0.331 e. The summed E-state index contributed by atoms with van der Waals surface area (Å²) in [5.74, 6) is 0.558. The summed E-state index contributed by atoms with van der Waals surface area (Å²) < 4.78 is 0. The number of anilines is 1. The zero-order valence-electron chi connectivity index (χ0n) is 7.29. The summed E-state index contributed by atoms with van der Waals surface area (Å²) in [6.07, 6.45) is 4.12. The number of hydrogen-bond donors (Lipinski definition) is 2. The van der Waals surface area contributed by atoms with E-state index in [0.717, 1.165) is 6.42 Å². The van der Waals surface area contributed by atoms with Crippen molar-refractivity contribution in [2.75, 3.05) is 5.32 Å². The molecule has 0 saturated heterocycles. The van der Waals surface area contributed by atoms with Gasteiger partial charge in [0.25, 0.3) is 0 Å². The van der Waals surface area contributed by atoms with Gasteiger partial charge in [-0.1, -0.05) is 13.8 Å². The van der Waals surface area contributed by atoms with Crippen molar-refractivity contribution in [3.63, 3.8) is 0 Å². The van der Waals surface area contributed by atoms with Crippen LogP contribution in [0, 0.1) is 5.92 Å². The first-order valence-electron chi connectivity index (χ1n) is 4.04. The summed E-state index contributed by atoms with van der Waals surface area (Å²) in [6.45, 7) is 3.87. The molecular formula is C8H13N3O. The molecule has 0 aliphatic rings. The monoisotopic (exact) mass is 167 g/mol. The van der Waals surface area contributed by atoms with Gasteiger partial charge in [0.15, 0.2) is 0 Å². The van der Waals surface area contributed by atoms with Crippen molar-refractivity contribution in [2.45, 2.75) is 20.3 Å². The third kappa shape index (κ3) is 2.08. The first-order chi connectivity index (χ1) is 5.74. The lowest BCUT2D eigenvalue weighted by Crippen LogP contribution is -2.20. The molecule has 12 heavy (non-hydrogen) atoms. The molecule has 1 rings (SSSR count). The standard InChI is InChI=1S/C8H13N3O/c1-3-6(2)7(12)11-8-9-4-5-10-8/h4-6H,3H2,1-2H3,(H2,9,10,11,12). The Morgan fingerprint density at radius 1 is 1.83 bits per heavy atom. The molecule has 1 unspecified atom stereocenters. The van der Waals surface area contributed by atoms with Gasteiger partial charge in [0, 0.05) is 18.3 Å². The zero-order chi connectivity index (χ0) is 8.97. The maximum Gasteiger partial charge on any atom is 0.229 e. The van der Waals surface area contributed by atoms with Gasteiger partial charge in [0.2, 0.25) is 11.9 Å². The van der Waals surface area contributed by atoms with Gasteiger partial charge in [-0.3, -0.25) is 10.1 Å². The van der Waals surface area contributed by atoms with Gasteiger partial charge >= 0.3 is 0 Å². The summed E-state index contributed by atoms with van der Waals surface area (Å²) in [7, 11) is 0. The third-order valence-corrected chi connectivity index (χ3v) is 1.80. The highest BCUT2D eigenvalue weighted by atomic mass is 16.2. The molecule has 1 heterocycles. The Bertz CT molecular complexity index is 243. The molecule has 0 aromatic carbocycles. The van der Waals surface area contributed by atoms with Gasteiger partial charge < -0.3 is 4.98 Å². The summed E-state index contributed by atoms with van der Waals surface area (Å²) >= 11 is 0. The number of imidazole rings is 1. The van der Waals surface area contributed by atoms with E-state index < -0.39 is 0 Å². The average molecular weight is 167 g/mol. The van der Waals surface area contributed by atoms with Crippen LogP contribution >= 0.6 is 0 Å². The van der Waals surface area contributed by atoms with Crippen molar-refractivity contribution in [3.05, 3.63) is 12.4 Å². The van der Waals surface area contributed by atoms with Crippen LogP contribution in [0.1, 0.15) is 20.3 Å². The fourth-order valence-electron chi connectivity index (χ4n) is 0.759. The molecule has 0 spiro atoms. The third-order valence-electron chi connectivity index (χ3n) is 1.80. The second-order valence-electron chi connectivity index (χ2n) is 2.74. The van der Waals surface area contributed by atoms with Crippen LogP contribution in [-0.4, -0.2) is 15.9 Å². The van der Waals surface area contributed by atoms with Gasteiger partial charge in [0.05, 0.1) is 0 Å². The number of carbonyl (C=O) groups excluding carboxylic acids is 1. The predicted molar refractivity (Wildman–Crippen MR) is 46.7 cm³/mol. The first-order valence-corrected chi connectivity index (χ1v) is 4.04. The van der Waals surface area contributed by atoms with Gasteiger partial charge in [-0.15, -0.1) is 0 Å². The molecule has 1 amide bonds. The second-order valence-corrected chi connectivity index (χ2v) is 2.74. The highest BCUT2D eigenvalue weighted by Gasteiger charge is 2.10. The number of aromatic nitrogens is 2. The largest absolute Gasteiger partial charge is 0.331 e. The van der Waals surface area contributed by atoms with E-state index in [2.05, 4.69) is 15.3 Å². The van der Waals surface area contributed by atoms with Crippen molar-refractivity contribution >= 4 is 11.9 Å². The fourth-order valence-corrected chi connectivity index (χ4v) is 0.759. The van der Waals surface area contributed by atoms with E-state index in [0.29, 0.717) is 5.95 Å². The van der Waals surface area contributed by atoms with Crippen molar-refractivity contribution in [3.8, 4) is 0 Å². The number of H-pyrrole nitrogens is 1. The van der Waals surface area contributed by atoms with Gasteiger partial charge in [-0.05, 0) is 6.42 Å². The Hall–Kier alpha value is -1.32. The zero-order valence-corrected chi connectivity index (χ0v) is 7.29. The molecule has 0 saturated carbocycles. The SMILES string of the molecule is CCC(C)C(=O)Nc1ncc[nH]1. The van der Waals surface area contributed by atoms with E-state index in [1.807, 2.05) is 13.8 Å². The Kier molecular flexibility index (Phi) is 2.85. The smallest absolute Gasteiger partial charge is 0.229 e. The fraction of sp³-hybridized carbons (Fsp3) is 0.500. The quantitative estimate of drug-likeness (QED) is 0.714. The van der Waals surface area contributed by atoms with Crippen molar-refractivity contribution in [1.82, 2.24) is 9.97 Å². The Morgan fingerprint density at radius 3 is 3.08 bits per heavy atom. The molecule has 66 valence electrons. The lowest BCUT2D eigenvalue weighted by atomic mass is 10.1. The highest BCUT2D eigenvalue weighted by molar-refractivity contribution is 5.90. The maximum absolute atomic E-state index is 11.3. The molecule has 4 heteroatoms. The second kappa shape index (κ2) is 3.90. The van der Waals surface area contributed by atoms with Gasteiger partial charge in [0.1, 0.15) is 0 Å². The average Bonchev–Trinajstić information content (AvgIpc) is 2.55. The molecule has 1 aromatic heterocycles. The summed E-state index contributed by atoms with van der Waals surface area (Å²) in [4.78, 5) is 18.0. The normalized spacial score (nSPS) is 12.5. The van der Waals surface area contributed by atoms with Crippen LogP contribution in [-0.2, 0) is 4.79 Å². The Morgan fingerprint density at radius 2 is 2.58 bits per heavy atom. The lowest BCUT2D eigenvalue weighted by Gasteiger charge is -2.06. The molecule has 0 radical (unpaired) electrons. The van der Waals surface area contributed by atoms with E-state index in [9.17, 15) is 4.79 Å². The van der Waals surface area contributed by atoms with Crippen LogP contribution < -0.4 is 5.32 Å². The van der Waals surface area contributed by atoms with Crippen LogP contribution in [0.15, 0.2) is 12.4 Å². The number of nitrogens with one attached hydrogen (secondary N) is 2. The maximum atomic E-state index is 11.3. The number of aromatic amines is 1. The van der Waals surface area contributed by atoms with E-state index in [-0.39, 0.29) is 11.8 Å². The van der Waals surface area contributed by atoms with Crippen molar-refractivity contribution in [2.24, 2.45) is 5.92 Å². The predicted octanol–water partition coefficient (Wildman–Crippen LogP) is 1.39. The molecule has 0 fully saturated rings. The van der Waals surface area contributed by atoms with Crippen molar-refractivity contribution < 1.29 is 4.79 Å². The van der Waals surface area contributed by atoms with E-state index in [4.69, 9.17) is 0 Å². The first kappa shape index (κ1) is 8.77. The van der Waals surface area contributed by atoms with E-state index in [1.54, 1.807) is 12.4 Å². The van der Waals surface area contributed by atoms with Crippen LogP contribution in [0.25, 0.3) is 0 Å². The number of nitrogens with zero attached hydrogens (tertiary/aromatic N) is 1. The molecule has 1 aromatic rings. The van der Waals surface area contributed by atoms with Crippen LogP contribution in [0.4, 0.5) is 5.95 Å². The number of carbonyl (C=O) groups is 1. The van der Waals surface area contributed by atoms with Gasteiger partial charge in [-0.25, -0.2) is 4.98 Å². The topological polar surface area (TPSA) is 57.8 Å². The minimum absolute atomic E-state index is 0.00690. The Labute approximate surface area is 71.4 Å². The van der Waals surface area contributed by atoms with Crippen LogP contribution in [0.5, 0.6) is 0 Å². The molecule has 2 N–H and O–H groups in total. The highest BCUT2D eigenvalue weighted by Crippen LogP contribution is 2.04. The molecule has 1 atom stereocenters. The Balaban J connectivity index is 2.47. The number of rotatable bonds is 3. The molecular weight excluding hydrogens is 154 g/mol. The summed E-state index contributed by atoms with van der Waals surface area (Å²) in [5.41, 5.74) is 0. The molecule has 0 aliphatic carbocycles. The van der Waals surface area contributed by atoms with Crippen LogP contribution in [0.2, 0.25) is 0 Å². The van der Waals surface area contributed by atoms with Crippen molar-refractivity contribution in [1.29, 1.82) is 0 Å². The summed E-state index contributed by atoms with van der Waals surface area (Å²) in [5, 5.41) is 2.67. The minimum atomic E-state index is 0.00690. The van der Waals surface area contributed by atoms with E-state index >= 15 is 0 Å². The van der Waals surface area contributed by atoms with Gasteiger partial charge in [-0.2, -0.15) is 0 Å². The van der Waals surface area contributed by atoms with E-state index in [1.165, 1.54) is 0 Å². The lowest BCUT2D eigenvalue weighted by molar-refractivity contribution is -0.119. The number of amides is 1. The molecule has 4 nitrogen and oxygen atoms in total. The number of hydrogen-bond acceptors (Lipinski definition) is 2. The molecule has 0 aliphatic heterocycles.